The van der Waals surface area contributed by atoms with Crippen LogP contribution in [0.15, 0.2) is 60.7 Å². The van der Waals surface area contributed by atoms with Gasteiger partial charge < -0.3 is 19.7 Å². The van der Waals surface area contributed by atoms with Crippen LogP contribution in [0.25, 0.3) is 0 Å². The Kier molecular flexibility index (Phi) is 8.00. The molecule has 176 valence electrons. The second-order valence-corrected chi connectivity index (χ2v) is 9.04. The van der Waals surface area contributed by atoms with E-state index in [2.05, 4.69) is 29.6 Å². The van der Waals surface area contributed by atoms with E-state index in [1.54, 1.807) is 0 Å². The van der Waals surface area contributed by atoms with Crippen molar-refractivity contribution in [3.05, 3.63) is 66.2 Å². The zero-order valence-corrected chi connectivity index (χ0v) is 19.2. The molecule has 6 heteroatoms. The van der Waals surface area contributed by atoms with Crippen LogP contribution in [0.1, 0.15) is 37.7 Å². The van der Waals surface area contributed by atoms with E-state index in [1.165, 1.54) is 5.56 Å². The maximum atomic E-state index is 13.0. The summed E-state index contributed by atoms with van der Waals surface area (Å²) in [5.74, 6) is 0.937. The van der Waals surface area contributed by atoms with Crippen molar-refractivity contribution in [2.45, 2.75) is 37.5 Å². The molecule has 2 amide bonds. The van der Waals surface area contributed by atoms with Gasteiger partial charge in [0, 0.05) is 44.2 Å². The average molecular weight is 451 g/mol. The van der Waals surface area contributed by atoms with Gasteiger partial charge in [-0.3, -0.25) is 9.59 Å². The maximum absolute atomic E-state index is 13.0. The van der Waals surface area contributed by atoms with Crippen molar-refractivity contribution in [2.75, 3.05) is 39.5 Å². The maximum Gasteiger partial charge on any atom is 0.225 e. The van der Waals surface area contributed by atoms with Crippen LogP contribution in [0.3, 0.4) is 0 Å². The predicted octanol–water partition coefficient (Wildman–Crippen LogP) is 3.56. The first kappa shape index (κ1) is 23.3. The average Bonchev–Trinajstić information content (AvgIpc) is 2.89. The largest absolute Gasteiger partial charge is 0.493 e. The summed E-state index contributed by atoms with van der Waals surface area (Å²) in [5.41, 5.74) is 1.21. The summed E-state index contributed by atoms with van der Waals surface area (Å²) in [5, 5.41) is 3.24. The minimum Gasteiger partial charge on any atom is -0.493 e. The van der Waals surface area contributed by atoms with E-state index in [0.717, 1.165) is 31.8 Å². The standard InChI is InChI=1S/C27H34N2O4/c30-25(13-18-33-24-9-5-2-6-10-24)29-16-11-22(12-17-29)26(31)28-21-27(14-19-32-20-15-27)23-7-3-1-4-8-23/h1-10,22H,11-21H2,(H,28,31). The highest BCUT2D eigenvalue weighted by Crippen LogP contribution is 2.34. The number of hydrogen-bond acceptors (Lipinski definition) is 4. The van der Waals surface area contributed by atoms with E-state index in [-0.39, 0.29) is 23.1 Å². The zero-order chi connectivity index (χ0) is 22.9. The normalized spacial score (nSPS) is 18.5. The van der Waals surface area contributed by atoms with Gasteiger partial charge in [-0.2, -0.15) is 0 Å². The Morgan fingerprint density at radius 1 is 0.970 bits per heavy atom. The lowest BCUT2D eigenvalue weighted by molar-refractivity contribution is -0.136. The topological polar surface area (TPSA) is 67.9 Å². The number of nitrogens with zero attached hydrogens (tertiary/aromatic N) is 1. The number of likely N-dealkylation sites (tertiary alicyclic amines) is 1. The molecule has 6 nitrogen and oxygen atoms in total. The Bertz CT molecular complexity index is 889. The van der Waals surface area contributed by atoms with E-state index in [9.17, 15) is 9.59 Å². The van der Waals surface area contributed by atoms with E-state index in [1.807, 2.05) is 41.3 Å². The van der Waals surface area contributed by atoms with Gasteiger partial charge in [-0.15, -0.1) is 0 Å². The first-order valence-electron chi connectivity index (χ1n) is 12.0. The molecule has 0 aliphatic carbocycles. The molecule has 0 atom stereocenters. The van der Waals surface area contributed by atoms with Crippen molar-refractivity contribution in [1.82, 2.24) is 10.2 Å². The molecule has 0 unspecified atom stereocenters. The second-order valence-electron chi connectivity index (χ2n) is 9.04. The van der Waals surface area contributed by atoms with Crippen molar-refractivity contribution in [3.8, 4) is 5.75 Å². The summed E-state index contributed by atoms with van der Waals surface area (Å²) in [6.45, 7) is 3.70. The molecular formula is C27H34N2O4. The Morgan fingerprint density at radius 3 is 2.27 bits per heavy atom. The van der Waals surface area contributed by atoms with E-state index in [4.69, 9.17) is 9.47 Å². The van der Waals surface area contributed by atoms with Crippen molar-refractivity contribution in [3.63, 3.8) is 0 Å². The number of nitrogens with one attached hydrogen (secondary N) is 1. The fourth-order valence-corrected chi connectivity index (χ4v) is 4.84. The van der Waals surface area contributed by atoms with Crippen LogP contribution >= 0.6 is 0 Å². The third kappa shape index (κ3) is 6.14. The van der Waals surface area contributed by atoms with Gasteiger partial charge in [0.1, 0.15) is 5.75 Å². The van der Waals surface area contributed by atoms with Crippen molar-refractivity contribution >= 4 is 11.8 Å². The smallest absolute Gasteiger partial charge is 0.225 e. The number of carbonyl (C=O) groups excluding carboxylic acids is 2. The van der Waals surface area contributed by atoms with Crippen LogP contribution in [-0.4, -0.2) is 56.2 Å². The molecule has 0 spiro atoms. The van der Waals surface area contributed by atoms with Gasteiger partial charge in [-0.05, 0) is 43.4 Å². The molecule has 2 aliphatic heterocycles. The summed E-state index contributed by atoms with van der Waals surface area (Å²) in [4.78, 5) is 27.3. The number of benzene rings is 2. The lowest BCUT2D eigenvalue weighted by Gasteiger charge is -2.38. The summed E-state index contributed by atoms with van der Waals surface area (Å²) in [7, 11) is 0. The van der Waals surface area contributed by atoms with Crippen LogP contribution in [0, 0.1) is 5.92 Å². The van der Waals surface area contributed by atoms with Gasteiger partial charge in [0.15, 0.2) is 0 Å². The molecule has 2 aromatic rings. The molecule has 2 fully saturated rings. The first-order chi connectivity index (χ1) is 16.2. The van der Waals surface area contributed by atoms with Crippen molar-refractivity contribution in [1.29, 1.82) is 0 Å². The molecule has 0 aromatic heterocycles. The van der Waals surface area contributed by atoms with E-state index < -0.39 is 0 Å². The number of rotatable bonds is 8. The molecular weight excluding hydrogens is 416 g/mol. The molecule has 2 aliphatic rings. The van der Waals surface area contributed by atoms with E-state index in [0.29, 0.717) is 45.5 Å². The minimum atomic E-state index is -0.0649. The number of carbonyl (C=O) groups is 2. The van der Waals surface area contributed by atoms with Crippen LogP contribution in [0.2, 0.25) is 0 Å². The first-order valence-corrected chi connectivity index (χ1v) is 12.0. The Hall–Kier alpha value is -2.86. The van der Waals surface area contributed by atoms with Gasteiger partial charge in [-0.1, -0.05) is 48.5 Å². The molecule has 2 heterocycles. The summed E-state index contributed by atoms with van der Waals surface area (Å²) >= 11 is 0. The molecule has 2 aromatic carbocycles. The van der Waals surface area contributed by atoms with Gasteiger partial charge >= 0.3 is 0 Å². The fraction of sp³-hybridized carbons (Fsp3) is 0.481. The number of hydrogen-bond donors (Lipinski definition) is 1. The number of ether oxygens (including phenoxy) is 2. The fourth-order valence-electron chi connectivity index (χ4n) is 4.84. The van der Waals surface area contributed by atoms with Crippen LogP contribution < -0.4 is 10.1 Å². The Balaban J connectivity index is 1.22. The SMILES string of the molecule is O=C(NCC1(c2ccccc2)CCOCC1)C1CCN(C(=O)CCOc2ccccc2)CC1. The molecule has 2 saturated heterocycles. The molecule has 0 bridgehead atoms. The third-order valence-electron chi connectivity index (χ3n) is 6.98. The third-order valence-corrected chi connectivity index (χ3v) is 6.98. The van der Waals surface area contributed by atoms with E-state index >= 15 is 0 Å². The quantitative estimate of drug-likeness (QED) is 0.668. The van der Waals surface area contributed by atoms with Gasteiger partial charge in [0.25, 0.3) is 0 Å². The second kappa shape index (κ2) is 11.3. The highest BCUT2D eigenvalue weighted by Gasteiger charge is 2.36. The Labute approximate surface area is 196 Å². The van der Waals surface area contributed by atoms with Crippen LogP contribution in [-0.2, 0) is 19.7 Å². The van der Waals surface area contributed by atoms with Gasteiger partial charge in [0.05, 0.1) is 13.0 Å². The summed E-state index contributed by atoms with van der Waals surface area (Å²) in [6, 6.07) is 20.0. The summed E-state index contributed by atoms with van der Waals surface area (Å²) in [6.07, 6.45) is 3.59. The lowest BCUT2D eigenvalue weighted by atomic mass is 9.74. The van der Waals surface area contributed by atoms with Crippen LogP contribution in [0.5, 0.6) is 5.75 Å². The lowest BCUT2D eigenvalue weighted by Crippen LogP contribution is -2.48. The monoisotopic (exact) mass is 450 g/mol. The number of para-hydroxylation sites is 1. The van der Waals surface area contributed by atoms with Crippen LogP contribution in [0.4, 0.5) is 0 Å². The molecule has 0 saturated carbocycles. The van der Waals surface area contributed by atoms with Crippen molar-refractivity contribution < 1.29 is 19.1 Å². The summed E-state index contributed by atoms with van der Waals surface area (Å²) < 4.78 is 11.2. The van der Waals surface area contributed by atoms with Gasteiger partial charge in [-0.25, -0.2) is 0 Å². The molecule has 1 N–H and O–H groups in total. The minimum absolute atomic E-state index is 0.0396. The highest BCUT2D eigenvalue weighted by molar-refractivity contribution is 5.80. The predicted molar refractivity (Wildman–Crippen MR) is 127 cm³/mol. The molecule has 4 rings (SSSR count). The number of amides is 2. The molecule has 0 radical (unpaired) electrons. The molecule has 33 heavy (non-hydrogen) atoms. The van der Waals surface area contributed by atoms with Gasteiger partial charge in [0.2, 0.25) is 11.8 Å². The Morgan fingerprint density at radius 2 is 1.61 bits per heavy atom. The zero-order valence-electron chi connectivity index (χ0n) is 19.2. The number of piperidine rings is 1. The van der Waals surface area contributed by atoms with Crippen molar-refractivity contribution in [2.24, 2.45) is 5.92 Å². The highest BCUT2D eigenvalue weighted by atomic mass is 16.5.